The Balaban J connectivity index is 1.38. The Labute approximate surface area is 154 Å². The summed E-state index contributed by atoms with van der Waals surface area (Å²) in [7, 11) is 0. The van der Waals surface area contributed by atoms with Crippen LogP contribution in [-0.4, -0.2) is 32.3 Å². The largest absolute Gasteiger partial charge is 0.492 e. The maximum atomic E-state index is 12.0. The SMILES string of the molecule is Cc1cc(C)cc(OCCNC(=O)CCc2ccc3c(c2)OCCO3)c1. The molecule has 3 rings (SSSR count). The summed E-state index contributed by atoms with van der Waals surface area (Å²) in [6.45, 7) is 6.18. The summed E-state index contributed by atoms with van der Waals surface area (Å²) in [6, 6.07) is 11.9. The number of carbonyl (C=O) groups excluding carboxylic acids is 1. The van der Waals surface area contributed by atoms with Gasteiger partial charge in [-0.25, -0.2) is 0 Å². The second kappa shape index (κ2) is 8.61. The average molecular weight is 355 g/mol. The predicted molar refractivity (Wildman–Crippen MR) is 100 cm³/mol. The molecule has 26 heavy (non-hydrogen) atoms. The van der Waals surface area contributed by atoms with Gasteiger partial charge < -0.3 is 19.5 Å². The molecule has 0 fully saturated rings. The van der Waals surface area contributed by atoms with Crippen LogP contribution in [0.5, 0.6) is 17.2 Å². The minimum atomic E-state index is 0.0175. The molecule has 0 atom stereocenters. The fourth-order valence-corrected chi connectivity index (χ4v) is 2.97. The number of nitrogens with one attached hydrogen (secondary N) is 1. The van der Waals surface area contributed by atoms with Gasteiger partial charge in [-0.3, -0.25) is 4.79 Å². The van der Waals surface area contributed by atoms with E-state index in [0.717, 1.165) is 22.8 Å². The van der Waals surface area contributed by atoms with Crippen LogP contribution in [-0.2, 0) is 11.2 Å². The van der Waals surface area contributed by atoms with Gasteiger partial charge in [-0.05, 0) is 61.2 Å². The van der Waals surface area contributed by atoms with Crippen molar-refractivity contribution in [1.82, 2.24) is 5.32 Å². The van der Waals surface area contributed by atoms with Gasteiger partial charge in [0.25, 0.3) is 0 Å². The lowest BCUT2D eigenvalue weighted by molar-refractivity contribution is -0.121. The Hall–Kier alpha value is -2.69. The first-order valence-electron chi connectivity index (χ1n) is 8.96. The van der Waals surface area contributed by atoms with Gasteiger partial charge >= 0.3 is 0 Å². The molecule has 0 aromatic heterocycles. The van der Waals surface area contributed by atoms with Crippen LogP contribution in [0.1, 0.15) is 23.1 Å². The zero-order valence-electron chi connectivity index (χ0n) is 15.3. The normalized spacial score (nSPS) is 12.5. The van der Waals surface area contributed by atoms with Gasteiger partial charge in [0.1, 0.15) is 25.6 Å². The molecular weight excluding hydrogens is 330 g/mol. The molecule has 1 aliphatic rings. The fourth-order valence-electron chi connectivity index (χ4n) is 2.97. The summed E-state index contributed by atoms with van der Waals surface area (Å²) in [5.74, 6) is 2.39. The molecule has 0 radical (unpaired) electrons. The molecule has 1 N–H and O–H groups in total. The van der Waals surface area contributed by atoms with E-state index in [1.165, 1.54) is 11.1 Å². The summed E-state index contributed by atoms with van der Waals surface area (Å²) in [5.41, 5.74) is 3.41. The molecule has 1 aliphatic heterocycles. The van der Waals surface area contributed by atoms with Gasteiger partial charge in [-0.2, -0.15) is 0 Å². The van der Waals surface area contributed by atoms with Crippen LogP contribution in [0, 0.1) is 13.8 Å². The summed E-state index contributed by atoms with van der Waals surface area (Å²) >= 11 is 0. The molecule has 1 amide bonds. The van der Waals surface area contributed by atoms with Crippen molar-refractivity contribution >= 4 is 5.91 Å². The smallest absolute Gasteiger partial charge is 0.220 e. The average Bonchev–Trinajstić information content (AvgIpc) is 2.62. The second-order valence-corrected chi connectivity index (χ2v) is 6.50. The van der Waals surface area contributed by atoms with Crippen molar-refractivity contribution in [1.29, 1.82) is 0 Å². The fraction of sp³-hybridized carbons (Fsp3) is 0.381. The third kappa shape index (κ3) is 5.15. The third-order valence-corrected chi connectivity index (χ3v) is 4.14. The monoisotopic (exact) mass is 355 g/mol. The first kappa shape index (κ1) is 18.1. The highest BCUT2D eigenvalue weighted by atomic mass is 16.6. The molecule has 0 saturated carbocycles. The second-order valence-electron chi connectivity index (χ2n) is 6.50. The van der Waals surface area contributed by atoms with E-state index in [0.29, 0.717) is 39.2 Å². The quantitative estimate of drug-likeness (QED) is 0.775. The number of amides is 1. The molecule has 1 heterocycles. The Morgan fingerprint density at radius 1 is 1.04 bits per heavy atom. The molecule has 2 aromatic carbocycles. The van der Waals surface area contributed by atoms with Gasteiger partial charge in [0.05, 0.1) is 6.54 Å². The van der Waals surface area contributed by atoms with Crippen LogP contribution >= 0.6 is 0 Å². The zero-order valence-corrected chi connectivity index (χ0v) is 15.3. The van der Waals surface area contributed by atoms with Crippen molar-refractivity contribution in [3.8, 4) is 17.2 Å². The molecule has 5 heteroatoms. The van der Waals surface area contributed by atoms with E-state index in [-0.39, 0.29) is 5.91 Å². The van der Waals surface area contributed by atoms with Crippen molar-refractivity contribution < 1.29 is 19.0 Å². The van der Waals surface area contributed by atoms with Crippen LogP contribution in [0.3, 0.4) is 0 Å². The Kier molecular flexibility index (Phi) is 6.00. The highest BCUT2D eigenvalue weighted by Gasteiger charge is 2.12. The predicted octanol–water partition coefficient (Wildman–Crippen LogP) is 3.20. The van der Waals surface area contributed by atoms with Crippen molar-refractivity contribution in [2.75, 3.05) is 26.4 Å². The van der Waals surface area contributed by atoms with Gasteiger partial charge in [0, 0.05) is 6.42 Å². The number of hydrogen-bond acceptors (Lipinski definition) is 4. The third-order valence-electron chi connectivity index (χ3n) is 4.14. The standard InChI is InChI=1S/C21H25NO4/c1-15-11-16(2)13-18(12-15)24-8-7-22-21(23)6-4-17-3-5-19-20(14-17)26-10-9-25-19/h3,5,11-14H,4,6-10H2,1-2H3,(H,22,23). The van der Waals surface area contributed by atoms with E-state index >= 15 is 0 Å². The first-order chi connectivity index (χ1) is 12.6. The minimum Gasteiger partial charge on any atom is -0.492 e. The van der Waals surface area contributed by atoms with Gasteiger partial charge in [-0.1, -0.05) is 12.1 Å². The van der Waals surface area contributed by atoms with E-state index in [9.17, 15) is 4.79 Å². The van der Waals surface area contributed by atoms with Gasteiger partial charge in [0.15, 0.2) is 11.5 Å². The summed E-state index contributed by atoms with van der Waals surface area (Å²) in [6.07, 6.45) is 1.10. The van der Waals surface area contributed by atoms with Gasteiger partial charge in [-0.15, -0.1) is 0 Å². The minimum absolute atomic E-state index is 0.0175. The summed E-state index contributed by atoms with van der Waals surface area (Å²) in [4.78, 5) is 12.0. The topological polar surface area (TPSA) is 56.8 Å². The highest BCUT2D eigenvalue weighted by molar-refractivity contribution is 5.76. The van der Waals surface area contributed by atoms with Gasteiger partial charge in [0.2, 0.25) is 5.91 Å². The maximum Gasteiger partial charge on any atom is 0.220 e. The van der Waals surface area contributed by atoms with Crippen molar-refractivity contribution in [3.63, 3.8) is 0 Å². The molecule has 2 aromatic rings. The number of aryl methyl sites for hydroxylation is 3. The lowest BCUT2D eigenvalue weighted by Gasteiger charge is -2.18. The van der Waals surface area contributed by atoms with Crippen LogP contribution in [0.4, 0.5) is 0 Å². The van der Waals surface area contributed by atoms with E-state index < -0.39 is 0 Å². The molecular formula is C21H25NO4. The molecule has 0 bridgehead atoms. The van der Waals surface area contributed by atoms with Crippen LogP contribution in [0.2, 0.25) is 0 Å². The lowest BCUT2D eigenvalue weighted by atomic mass is 10.1. The number of fused-ring (bicyclic) bond motifs is 1. The Morgan fingerprint density at radius 3 is 2.54 bits per heavy atom. The summed E-state index contributed by atoms with van der Waals surface area (Å²) < 4.78 is 16.8. The van der Waals surface area contributed by atoms with Crippen molar-refractivity contribution in [3.05, 3.63) is 53.1 Å². The number of hydrogen-bond donors (Lipinski definition) is 1. The van der Waals surface area contributed by atoms with Crippen molar-refractivity contribution in [2.24, 2.45) is 0 Å². The number of carbonyl (C=O) groups is 1. The van der Waals surface area contributed by atoms with E-state index in [4.69, 9.17) is 14.2 Å². The first-order valence-corrected chi connectivity index (χ1v) is 8.96. The summed E-state index contributed by atoms with van der Waals surface area (Å²) in [5, 5.41) is 2.89. The number of benzene rings is 2. The number of rotatable bonds is 7. The Morgan fingerprint density at radius 2 is 1.77 bits per heavy atom. The van der Waals surface area contributed by atoms with E-state index in [1.807, 2.05) is 44.2 Å². The van der Waals surface area contributed by atoms with Crippen LogP contribution < -0.4 is 19.5 Å². The zero-order chi connectivity index (χ0) is 18.4. The van der Waals surface area contributed by atoms with Crippen LogP contribution in [0.15, 0.2) is 36.4 Å². The van der Waals surface area contributed by atoms with Crippen LogP contribution in [0.25, 0.3) is 0 Å². The number of ether oxygens (including phenoxy) is 3. The molecule has 5 nitrogen and oxygen atoms in total. The van der Waals surface area contributed by atoms with E-state index in [2.05, 4.69) is 11.4 Å². The maximum absolute atomic E-state index is 12.0. The molecule has 0 aliphatic carbocycles. The molecule has 0 spiro atoms. The Bertz CT molecular complexity index is 752. The molecule has 0 unspecified atom stereocenters. The van der Waals surface area contributed by atoms with E-state index in [1.54, 1.807) is 0 Å². The van der Waals surface area contributed by atoms with Crippen molar-refractivity contribution in [2.45, 2.75) is 26.7 Å². The highest BCUT2D eigenvalue weighted by Crippen LogP contribution is 2.31. The lowest BCUT2D eigenvalue weighted by Crippen LogP contribution is -2.28. The molecule has 0 saturated heterocycles. The molecule has 138 valence electrons.